The summed E-state index contributed by atoms with van der Waals surface area (Å²) in [4.78, 5) is 17.5. The molecule has 1 aromatic carbocycles. The van der Waals surface area contributed by atoms with Gasteiger partial charge in [0.15, 0.2) is 5.69 Å². The van der Waals surface area contributed by atoms with Crippen molar-refractivity contribution in [1.29, 1.82) is 0 Å². The predicted molar refractivity (Wildman–Crippen MR) is 106 cm³/mol. The summed E-state index contributed by atoms with van der Waals surface area (Å²) in [6.07, 6.45) is 3.65. The lowest BCUT2D eigenvalue weighted by molar-refractivity contribution is 0.0924. The fourth-order valence-electron chi connectivity index (χ4n) is 3.38. The number of fused-ring (bicyclic) bond motifs is 3. The van der Waals surface area contributed by atoms with E-state index in [1.807, 2.05) is 20.8 Å². The van der Waals surface area contributed by atoms with Crippen LogP contribution in [0.2, 0.25) is 0 Å². The van der Waals surface area contributed by atoms with Crippen molar-refractivity contribution in [2.24, 2.45) is 11.8 Å². The summed E-state index contributed by atoms with van der Waals surface area (Å²) < 4.78 is 29.8. The third-order valence-electron chi connectivity index (χ3n) is 5.67. The maximum atomic E-state index is 13.3. The van der Waals surface area contributed by atoms with Gasteiger partial charge in [0.25, 0.3) is 5.91 Å². The molecule has 1 N–H and O–H groups in total. The number of sulfonamides is 1. The maximum Gasteiger partial charge on any atom is 0.272 e. The summed E-state index contributed by atoms with van der Waals surface area (Å²) in [5, 5.41) is 2.98. The topological polar surface area (TPSA) is 84.3 Å². The number of rotatable bonds is 5. The van der Waals surface area contributed by atoms with Crippen molar-refractivity contribution < 1.29 is 13.2 Å². The van der Waals surface area contributed by atoms with E-state index < -0.39 is 10.0 Å². The van der Waals surface area contributed by atoms with Crippen LogP contribution in [0.15, 0.2) is 35.5 Å². The van der Waals surface area contributed by atoms with Gasteiger partial charge < -0.3 is 5.32 Å². The van der Waals surface area contributed by atoms with Crippen LogP contribution >= 0.6 is 0 Å². The third-order valence-corrected chi connectivity index (χ3v) is 7.53. The van der Waals surface area contributed by atoms with Crippen molar-refractivity contribution in [2.45, 2.75) is 51.1 Å². The maximum absolute atomic E-state index is 13.3. The fourth-order valence-corrected chi connectivity index (χ4v) is 5.04. The number of nitrogens with zero attached hydrogens (tertiary/aromatic N) is 3. The minimum Gasteiger partial charge on any atom is -0.348 e. The number of hydrogen-bond donors (Lipinski definition) is 1. The number of amides is 1. The molecule has 2 heterocycles. The molecule has 1 atom stereocenters. The van der Waals surface area contributed by atoms with Gasteiger partial charge >= 0.3 is 0 Å². The Morgan fingerprint density at radius 2 is 1.96 bits per heavy atom. The molecule has 4 rings (SSSR count). The summed E-state index contributed by atoms with van der Waals surface area (Å²) in [6.45, 7) is 6.66. The third kappa shape index (κ3) is 3.35. The van der Waals surface area contributed by atoms with Crippen molar-refractivity contribution in [3.8, 4) is 5.69 Å². The smallest absolute Gasteiger partial charge is 0.272 e. The quantitative estimate of drug-likeness (QED) is 0.833. The normalized spacial score (nSPS) is 19.6. The summed E-state index contributed by atoms with van der Waals surface area (Å²) in [6, 6.07) is 6.91. The SMILES string of the molecule is CC(C)C(C)NC(=O)c1ncn2c1CN(CC1CC1)S(=O)(=O)c1ccccc1-2. The standard InChI is InChI=1S/C20H26N4O3S/c1-13(2)14(3)22-20(25)19-17-11-23(10-15-8-9-15)28(26,27)18-7-5-4-6-16(18)24(17)12-21-19/h4-7,12-15H,8-11H2,1-3H3,(H,22,25). The lowest BCUT2D eigenvalue weighted by Crippen LogP contribution is -2.37. The Hall–Kier alpha value is -2.19. The Morgan fingerprint density at radius 1 is 1.25 bits per heavy atom. The number of hydrogen-bond acceptors (Lipinski definition) is 4. The van der Waals surface area contributed by atoms with Crippen LogP contribution in [-0.4, -0.2) is 40.8 Å². The van der Waals surface area contributed by atoms with Crippen LogP contribution in [0, 0.1) is 11.8 Å². The number of aromatic nitrogens is 2. The Bertz CT molecular complexity index is 1010. The molecule has 0 bridgehead atoms. The first kappa shape index (κ1) is 19.1. The number of imidazole rings is 1. The van der Waals surface area contributed by atoms with Gasteiger partial charge in [0, 0.05) is 12.6 Å². The molecule has 0 radical (unpaired) electrons. The molecule has 1 saturated carbocycles. The van der Waals surface area contributed by atoms with Crippen molar-refractivity contribution in [3.05, 3.63) is 42.0 Å². The van der Waals surface area contributed by atoms with Crippen molar-refractivity contribution in [1.82, 2.24) is 19.2 Å². The number of nitrogens with one attached hydrogen (secondary N) is 1. The van der Waals surface area contributed by atoms with E-state index >= 15 is 0 Å². The molecule has 1 amide bonds. The summed E-state index contributed by atoms with van der Waals surface area (Å²) in [7, 11) is -3.64. The Labute approximate surface area is 165 Å². The minimum absolute atomic E-state index is 0.00536. The van der Waals surface area contributed by atoms with Crippen LogP contribution in [0.4, 0.5) is 0 Å². The van der Waals surface area contributed by atoms with Gasteiger partial charge in [-0.1, -0.05) is 26.0 Å². The molecule has 2 aliphatic rings. The summed E-state index contributed by atoms with van der Waals surface area (Å²) >= 11 is 0. The Morgan fingerprint density at radius 3 is 2.64 bits per heavy atom. The average Bonchev–Trinajstić information content (AvgIpc) is 3.38. The zero-order chi connectivity index (χ0) is 20.1. The van der Waals surface area contributed by atoms with E-state index in [1.54, 1.807) is 35.2 Å². The largest absolute Gasteiger partial charge is 0.348 e. The second-order valence-electron chi connectivity index (χ2n) is 8.12. The van der Waals surface area contributed by atoms with E-state index in [0.717, 1.165) is 12.8 Å². The molecule has 7 nitrogen and oxygen atoms in total. The van der Waals surface area contributed by atoms with E-state index in [0.29, 0.717) is 29.5 Å². The molecule has 28 heavy (non-hydrogen) atoms. The van der Waals surface area contributed by atoms with Crippen LogP contribution in [0.1, 0.15) is 49.8 Å². The summed E-state index contributed by atoms with van der Waals surface area (Å²) in [5.41, 5.74) is 1.45. The van der Waals surface area contributed by atoms with Crippen LogP contribution in [-0.2, 0) is 16.6 Å². The van der Waals surface area contributed by atoms with Crippen molar-refractivity contribution >= 4 is 15.9 Å². The molecule has 1 aromatic heterocycles. The highest BCUT2D eigenvalue weighted by Crippen LogP contribution is 2.36. The van der Waals surface area contributed by atoms with E-state index in [2.05, 4.69) is 10.3 Å². The lowest BCUT2D eigenvalue weighted by atomic mass is 10.1. The van der Waals surface area contributed by atoms with Gasteiger partial charge in [0.1, 0.15) is 11.2 Å². The first-order chi connectivity index (χ1) is 13.3. The Kier molecular flexibility index (Phi) is 4.79. The first-order valence-corrected chi connectivity index (χ1v) is 11.2. The van der Waals surface area contributed by atoms with E-state index in [-0.39, 0.29) is 29.3 Å². The molecule has 0 saturated heterocycles. The highest BCUT2D eigenvalue weighted by atomic mass is 32.2. The summed E-state index contributed by atoms with van der Waals surface area (Å²) in [5.74, 6) is 0.422. The highest BCUT2D eigenvalue weighted by molar-refractivity contribution is 7.89. The monoisotopic (exact) mass is 402 g/mol. The molecule has 0 spiro atoms. The molecule has 1 aliphatic heterocycles. The predicted octanol–water partition coefficient (Wildman–Crippen LogP) is 2.56. The second kappa shape index (κ2) is 7.00. The van der Waals surface area contributed by atoms with Gasteiger partial charge in [-0.2, -0.15) is 4.31 Å². The molecule has 1 unspecified atom stereocenters. The molecular formula is C20H26N4O3S. The first-order valence-electron chi connectivity index (χ1n) is 9.75. The zero-order valence-electron chi connectivity index (χ0n) is 16.4. The molecular weight excluding hydrogens is 376 g/mol. The minimum atomic E-state index is -3.64. The molecule has 1 aliphatic carbocycles. The Balaban J connectivity index is 1.79. The highest BCUT2D eigenvalue weighted by Gasteiger charge is 2.37. The van der Waals surface area contributed by atoms with Gasteiger partial charge in [-0.05, 0) is 43.7 Å². The van der Waals surface area contributed by atoms with Crippen molar-refractivity contribution in [3.63, 3.8) is 0 Å². The average molecular weight is 403 g/mol. The van der Waals surface area contributed by atoms with Crippen LogP contribution in [0.5, 0.6) is 0 Å². The van der Waals surface area contributed by atoms with Crippen molar-refractivity contribution in [2.75, 3.05) is 6.54 Å². The van der Waals surface area contributed by atoms with Gasteiger partial charge in [-0.15, -0.1) is 0 Å². The van der Waals surface area contributed by atoms with Crippen LogP contribution in [0.3, 0.4) is 0 Å². The lowest BCUT2D eigenvalue weighted by Gasteiger charge is -2.20. The van der Waals surface area contributed by atoms with Gasteiger partial charge in [-0.3, -0.25) is 9.36 Å². The molecule has 150 valence electrons. The van der Waals surface area contributed by atoms with Gasteiger partial charge in [0.05, 0.1) is 17.9 Å². The number of carbonyl (C=O) groups is 1. The van der Waals surface area contributed by atoms with E-state index in [9.17, 15) is 13.2 Å². The van der Waals surface area contributed by atoms with E-state index in [4.69, 9.17) is 0 Å². The van der Waals surface area contributed by atoms with Gasteiger partial charge in [-0.25, -0.2) is 13.4 Å². The number of carbonyl (C=O) groups excluding carboxylic acids is 1. The van der Waals surface area contributed by atoms with Crippen LogP contribution in [0.25, 0.3) is 5.69 Å². The van der Waals surface area contributed by atoms with Gasteiger partial charge in [0.2, 0.25) is 10.0 Å². The second-order valence-corrected chi connectivity index (χ2v) is 10.0. The number of para-hydroxylation sites is 1. The molecule has 2 aromatic rings. The van der Waals surface area contributed by atoms with E-state index in [1.165, 1.54) is 4.31 Å². The molecule has 1 fully saturated rings. The molecule has 8 heteroatoms. The van der Waals surface area contributed by atoms with Crippen LogP contribution < -0.4 is 5.32 Å². The number of benzene rings is 1. The zero-order valence-corrected chi connectivity index (χ0v) is 17.2. The fraction of sp³-hybridized carbons (Fsp3) is 0.500.